The number of hydrogen-bond acceptors (Lipinski definition) is 4. The molecular formula is C18H21N3O2. The van der Waals surface area contributed by atoms with Gasteiger partial charge < -0.3 is 19.8 Å². The van der Waals surface area contributed by atoms with Crippen molar-refractivity contribution < 1.29 is 9.47 Å². The molecule has 0 aliphatic heterocycles. The predicted octanol–water partition coefficient (Wildman–Crippen LogP) is 4.49. The number of hydrogen-bond donors (Lipinski definition) is 2. The van der Waals surface area contributed by atoms with Gasteiger partial charge in [0, 0.05) is 11.8 Å². The Bertz CT molecular complexity index is 801. The molecule has 1 heterocycles. The SMILES string of the molecule is COc1ccc2nc(Nc3ccc(OC(C)(C)C)cc3)[nH]c2c1. The van der Waals surface area contributed by atoms with E-state index in [2.05, 4.69) is 15.3 Å². The summed E-state index contributed by atoms with van der Waals surface area (Å²) in [6, 6.07) is 13.6. The molecule has 5 heteroatoms. The minimum Gasteiger partial charge on any atom is -0.497 e. The summed E-state index contributed by atoms with van der Waals surface area (Å²) >= 11 is 0. The third-order valence-corrected chi connectivity index (χ3v) is 3.23. The highest BCUT2D eigenvalue weighted by molar-refractivity contribution is 5.79. The lowest BCUT2D eigenvalue weighted by atomic mass is 10.2. The average molecular weight is 311 g/mol. The highest BCUT2D eigenvalue weighted by Gasteiger charge is 2.11. The van der Waals surface area contributed by atoms with Crippen LogP contribution in [-0.4, -0.2) is 22.7 Å². The third kappa shape index (κ3) is 3.74. The van der Waals surface area contributed by atoms with Crippen LogP contribution in [0.5, 0.6) is 11.5 Å². The number of anilines is 2. The van der Waals surface area contributed by atoms with E-state index in [1.807, 2.05) is 63.2 Å². The number of rotatable bonds is 4. The number of benzene rings is 2. The maximum Gasteiger partial charge on any atom is 0.205 e. The number of ether oxygens (including phenoxy) is 2. The van der Waals surface area contributed by atoms with Gasteiger partial charge in [0.2, 0.25) is 5.95 Å². The molecule has 0 atom stereocenters. The first-order valence-corrected chi connectivity index (χ1v) is 7.53. The van der Waals surface area contributed by atoms with Gasteiger partial charge in [0.15, 0.2) is 0 Å². The van der Waals surface area contributed by atoms with Crippen LogP contribution >= 0.6 is 0 Å². The highest BCUT2D eigenvalue weighted by Crippen LogP contribution is 2.24. The molecule has 120 valence electrons. The van der Waals surface area contributed by atoms with Crippen molar-refractivity contribution in [1.29, 1.82) is 0 Å². The minimum atomic E-state index is -0.202. The number of nitrogens with zero attached hydrogens (tertiary/aromatic N) is 1. The second-order valence-corrected chi connectivity index (χ2v) is 6.33. The summed E-state index contributed by atoms with van der Waals surface area (Å²) in [6.07, 6.45) is 0. The standard InChI is InChI=1S/C18H21N3O2/c1-18(2,3)23-13-7-5-12(6-8-13)19-17-20-15-10-9-14(22-4)11-16(15)21-17/h5-11H,1-4H3,(H2,19,20,21). The topological polar surface area (TPSA) is 59.2 Å². The summed E-state index contributed by atoms with van der Waals surface area (Å²) < 4.78 is 11.0. The fourth-order valence-corrected chi connectivity index (χ4v) is 2.27. The number of H-pyrrole nitrogens is 1. The summed E-state index contributed by atoms with van der Waals surface area (Å²) in [4.78, 5) is 7.75. The first-order valence-electron chi connectivity index (χ1n) is 7.53. The van der Waals surface area contributed by atoms with Crippen LogP contribution in [0, 0.1) is 0 Å². The fourth-order valence-electron chi connectivity index (χ4n) is 2.27. The van der Waals surface area contributed by atoms with E-state index in [1.54, 1.807) is 7.11 Å². The molecular weight excluding hydrogens is 290 g/mol. The van der Waals surface area contributed by atoms with Crippen LogP contribution in [0.4, 0.5) is 11.6 Å². The van der Waals surface area contributed by atoms with E-state index in [9.17, 15) is 0 Å². The molecule has 3 rings (SSSR count). The van der Waals surface area contributed by atoms with Crippen molar-refractivity contribution in [3.63, 3.8) is 0 Å². The van der Waals surface area contributed by atoms with E-state index in [-0.39, 0.29) is 5.60 Å². The van der Waals surface area contributed by atoms with Gasteiger partial charge in [0.1, 0.15) is 17.1 Å². The average Bonchev–Trinajstić information content (AvgIpc) is 2.89. The van der Waals surface area contributed by atoms with E-state index in [0.717, 1.165) is 28.2 Å². The van der Waals surface area contributed by atoms with Gasteiger partial charge in [-0.15, -0.1) is 0 Å². The van der Waals surface area contributed by atoms with Gasteiger partial charge in [-0.2, -0.15) is 0 Å². The number of imidazole rings is 1. The van der Waals surface area contributed by atoms with Crippen LogP contribution in [0.2, 0.25) is 0 Å². The van der Waals surface area contributed by atoms with Crippen molar-refractivity contribution in [3.8, 4) is 11.5 Å². The van der Waals surface area contributed by atoms with Gasteiger partial charge in [0.05, 0.1) is 18.1 Å². The van der Waals surface area contributed by atoms with Crippen molar-refractivity contribution in [2.75, 3.05) is 12.4 Å². The fraction of sp³-hybridized carbons (Fsp3) is 0.278. The number of nitrogens with one attached hydrogen (secondary N) is 2. The molecule has 1 aromatic heterocycles. The number of fused-ring (bicyclic) bond motifs is 1. The summed E-state index contributed by atoms with van der Waals surface area (Å²) in [6.45, 7) is 6.09. The van der Waals surface area contributed by atoms with Gasteiger partial charge in [-0.05, 0) is 57.2 Å². The Labute approximate surface area is 135 Å². The molecule has 0 amide bonds. The molecule has 0 radical (unpaired) electrons. The van der Waals surface area contributed by atoms with E-state index in [0.29, 0.717) is 5.95 Å². The summed E-state index contributed by atoms with van der Waals surface area (Å²) in [5.74, 6) is 2.34. The Morgan fingerprint density at radius 3 is 2.35 bits per heavy atom. The molecule has 2 aromatic carbocycles. The molecule has 0 bridgehead atoms. The first-order chi connectivity index (χ1) is 10.9. The van der Waals surface area contributed by atoms with Crippen molar-refractivity contribution >= 4 is 22.7 Å². The Balaban J connectivity index is 1.76. The number of aromatic amines is 1. The van der Waals surface area contributed by atoms with E-state index < -0.39 is 0 Å². The highest BCUT2D eigenvalue weighted by atomic mass is 16.5. The quantitative estimate of drug-likeness (QED) is 0.745. The number of methoxy groups -OCH3 is 1. The lowest BCUT2D eigenvalue weighted by Gasteiger charge is -2.21. The van der Waals surface area contributed by atoms with Crippen molar-refractivity contribution in [2.24, 2.45) is 0 Å². The Kier molecular flexibility index (Phi) is 3.86. The normalized spacial score (nSPS) is 11.5. The Morgan fingerprint density at radius 2 is 1.70 bits per heavy atom. The molecule has 5 nitrogen and oxygen atoms in total. The smallest absolute Gasteiger partial charge is 0.205 e. The summed E-state index contributed by atoms with van der Waals surface area (Å²) in [5.41, 5.74) is 2.56. The molecule has 3 aromatic rings. The van der Waals surface area contributed by atoms with Crippen molar-refractivity contribution in [1.82, 2.24) is 9.97 Å². The molecule has 0 saturated carbocycles. The molecule has 2 N–H and O–H groups in total. The van der Waals surface area contributed by atoms with Crippen LogP contribution in [0.1, 0.15) is 20.8 Å². The third-order valence-electron chi connectivity index (χ3n) is 3.23. The summed E-state index contributed by atoms with van der Waals surface area (Å²) in [7, 11) is 1.65. The molecule has 0 saturated heterocycles. The zero-order valence-corrected chi connectivity index (χ0v) is 13.8. The predicted molar refractivity (Wildman–Crippen MR) is 92.8 cm³/mol. The molecule has 23 heavy (non-hydrogen) atoms. The van der Waals surface area contributed by atoms with E-state index in [4.69, 9.17) is 9.47 Å². The van der Waals surface area contributed by atoms with E-state index in [1.165, 1.54) is 0 Å². The van der Waals surface area contributed by atoms with Gasteiger partial charge >= 0.3 is 0 Å². The van der Waals surface area contributed by atoms with E-state index >= 15 is 0 Å². The number of aromatic nitrogens is 2. The lowest BCUT2D eigenvalue weighted by molar-refractivity contribution is 0.131. The zero-order valence-electron chi connectivity index (χ0n) is 13.8. The lowest BCUT2D eigenvalue weighted by Crippen LogP contribution is -2.22. The van der Waals surface area contributed by atoms with Gasteiger partial charge in [-0.25, -0.2) is 4.98 Å². The van der Waals surface area contributed by atoms with Gasteiger partial charge in [0.25, 0.3) is 0 Å². The first kappa shape index (κ1) is 15.2. The monoisotopic (exact) mass is 311 g/mol. The zero-order chi connectivity index (χ0) is 16.4. The van der Waals surface area contributed by atoms with Crippen LogP contribution in [0.3, 0.4) is 0 Å². The van der Waals surface area contributed by atoms with Crippen LogP contribution in [0.25, 0.3) is 11.0 Å². The molecule has 0 aliphatic carbocycles. The van der Waals surface area contributed by atoms with Gasteiger partial charge in [-0.3, -0.25) is 0 Å². The molecule has 0 spiro atoms. The summed E-state index contributed by atoms with van der Waals surface area (Å²) in [5, 5.41) is 3.26. The maximum atomic E-state index is 5.82. The largest absolute Gasteiger partial charge is 0.497 e. The van der Waals surface area contributed by atoms with Crippen LogP contribution in [0.15, 0.2) is 42.5 Å². The Morgan fingerprint density at radius 1 is 1.00 bits per heavy atom. The van der Waals surface area contributed by atoms with Gasteiger partial charge in [-0.1, -0.05) is 0 Å². The van der Waals surface area contributed by atoms with Crippen LogP contribution in [-0.2, 0) is 0 Å². The Hall–Kier alpha value is -2.69. The molecule has 0 fully saturated rings. The van der Waals surface area contributed by atoms with Crippen molar-refractivity contribution in [3.05, 3.63) is 42.5 Å². The molecule has 0 aliphatic rings. The second-order valence-electron chi connectivity index (χ2n) is 6.33. The van der Waals surface area contributed by atoms with Crippen molar-refractivity contribution in [2.45, 2.75) is 26.4 Å². The van der Waals surface area contributed by atoms with Crippen LogP contribution < -0.4 is 14.8 Å². The second kappa shape index (κ2) is 5.83. The molecule has 0 unspecified atom stereocenters. The maximum absolute atomic E-state index is 5.82. The minimum absolute atomic E-state index is 0.202.